The van der Waals surface area contributed by atoms with Crippen LogP contribution in [0.15, 0.2) is 35.0 Å². The molecule has 1 aliphatic heterocycles. The molecule has 128 valence electrons. The van der Waals surface area contributed by atoms with Crippen LogP contribution in [0.25, 0.3) is 0 Å². The molecule has 1 saturated heterocycles. The van der Waals surface area contributed by atoms with E-state index in [1.54, 1.807) is 17.2 Å². The lowest BCUT2D eigenvalue weighted by molar-refractivity contribution is 0.0413. The Morgan fingerprint density at radius 1 is 1.50 bits per heavy atom. The van der Waals surface area contributed by atoms with Crippen molar-refractivity contribution in [2.45, 2.75) is 45.3 Å². The summed E-state index contributed by atoms with van der Waals surface area (Å²) in [7, 11) is 0. The van der Waals surface area contributed by atoms with E-state index in [9.17, 15) is 4.79 Å². The topological polar surface area (TPSA) is 68.5 Å². The number of aromatic nitrogens is 2. The van der Waals surface area contributed by atoms with E-state index >= 15 is 0 Å². The SMILES string of the molecule is CCC(C)c1cc(C(=O)N2CCC(OCc3ccccn3)C2)on1. The Morgan fingerprint density at radius 2 is 2.38 bits per heavy atom. The van der Waals surface area contributed by atoms with Crippen LogP contribution in [-0.4, -0.2) is 40.1 Å². The Balaban J connectivity index is 1.53. The molecule has 0 spiro atoms. The molecule has 2 unspecified atom stereocenters. The van der Waals surface area contributed by atoms with Gasteiger partial charge in [0.15, 0.2) is 0 Å². The number of carbonyl (C=O) groups excluding carboxylic acids is 1. The number of hydrogen-bond acceptors (Lipinski definition) is 5. The quantitative estimate of drug-likeness (QED) is 0.815. The van der Waals surface area contributed by atoms with Crippen LogP contribution in [0.4, 0.5) is 0 Å². The molecule has 1 aliphatic rings. The second-order valence-electron chi connectivity index (χ2n) is 6.22. The van der Waals surface area contributed by atoms with Gasteiger partial charge in [-0.2, -0.15) is 0 Å². The zero-order valence-electron chi connectivity index (χ0n) is 14.1. The summed E-state index contributed by atoms with van der Waals surface area (Å²) >= 11 is 0. The third kappa shape index (κ3) is 3.82. The van der Waals surface area contributed by atoms with Crippen molar-refractivity contribution in [3.8, 4) is 0 Å². The van der Waals surface area contributed by atoms with E-state index in [0.29, 0.717) is 31.4 Å². The summed E-state index contributed by atoms with van der Waals surface area (Å²) < 4.78 is 11.1. The standard InChI is InChI=1S/C18H23N3O3/c1-3-13(2)16-10-17(24-20-16)18(22)21-9-7-15(11-21)23-12-14-6-4-5-8-19-14/h4-6,8,10,13,15H,3,7,9,11-12H2,1-2H3. The molecule has 6 heteroatoms. The van der Waals surface area contributed by atoms with Gasteiger partial charge in [0.2, 0.25) is 5.76 Å². The Kier molecular flexibility index (Phi) is 5.25. The summed E-state index contributed by atoms with van der Waals surface area (Å²) in [5.74, 6) is 0.500. The lowest BCUT2D eigenvalue weighted by Gasteiger charge is -2.15. The Labute approximate surface area is 141 Å². The number of hydrogen-bond donors (Lipinski definition) is 0. The number of nitrogens with zero attached hydrogens (tertiary/aromatic N) is 3. The van der Waals surface area contributed by atoms with Crippen molar-refractivity contribution in [2.75, 3.05) is 13.1 Å². The fourth-order valence-electron chi connectivity index (χ4n) is 2.72. The minimum Gasteiger partial charge on any atom is -0.370 e. The van der Waals surface area contributed by atoms with Gasteiger partial charge in [0.1, 0.15) is 0 Å². The van der Waals surface area contributed by atoms with Gasteiger partial charge < -0.3 is 14.2 Å². The Morgan fingerprint density at radius 3 is 3.12 bits per heavy atom. The normalized spacial score (nSPS) is 18.8. The average Bonchev–Trinajstić information content (AvgIpc) is 3.29. The Bertz CT molecular complexity index is 671. The van der Waals surface area contributed by atoms with Crippen LogP contribution in [0.3, 0.4) is 0 Å². The first kappa shape index (κ1) is 16.6. The van der Waals surface area contributed by atoms with E-state index in [2.05, 4.69) is 24.0 Å². The molecule has 3 heterocycles. The molecule has 0 N–H and O–H groups in total. The first-order valence-corrected chi connectivity index (χ1v) is 8.44. The van der Waals surface area contributed by atoms with Gasteiger partial charge in [0, 0.05) is 31.3 Å². The lowest BCUT2D eigenvalue weighted by atomic mass is 10.1. The number of ether oxygens (including phenoxy) is 1. The van der Waals surface area contributed by atoms with Gasteiger partial charge in [0.25, 0.3) is 5.91 Å². The molecular formula is C18H23N3O3. The minimum atomic E-state index is -0.110. The summed E-state index contributed by atoms with van der Waals surface area (Å²) in [5.41, 5.74) is 1.73. The van der Waals surface area contributed by atoms with Gasteiger partial charge >= 0.3 is 0 Å². The van der Waals surface area contributed by atoms with E-state index < -0.39 is 0 Å². The Hall–Kier alpha value is -2.21. The van der Waals surface area contributed by atoms with Gasteiger partial charge in [-0.15, -0.1) is 0 Å². The predicted molar refractivity (Wildman–Crippen MR) is 88.5 cm³/mol. The maximum absolute atomic E-state index is 12.5. The number of rotatable bonds is 6. The van der Waals surface area contributed by atoms with Crippen LogP contribution in [0.1, 0.15) is 54.5 Å². The molecule has 2 aromatic heterocycles. The van der Waals surface area contributed by atoms with Gasteiger partial charge in [0.05, 0.1) is 24.1 Å². The summed E-state index contributed by atoms with van der Waals surface area (Å²) in [5, 5.41) is 4.01. The van der Waals surface area contributed by atoms with Crippen molar-refractivity contribution in [3.63, 3.8) is 0 Å². The highest BCUT2D eigenvalue weighted by Gasteiger charge is 2.30. The van der Waals surface area contributed by atoms with Crippen molar-refractivity contribution >= 4 is 5.91 Å². The van der Waals surface area contributed by atoms with Crippen molar-refractivity contribution in [2.24, 2.45) is 0 Å². The van der Waals surface area contributed by atoms with E-state index in [-0.39, 0.29) is 12.0 Å². The predicted octanol–water partition coefficient (Wildman–Crippen LogP) is 3.01. The zero-order chi connectivity index (χ0) is 16.9. The molecule has 2 atom stereocenters. The van der Waals surface area contributed by atoms with Gasteiger partial charge in [-0.25, -0.2) is 0 Å². The van der Waals surface area contributed by atoms with Crippen LogP contribution in [0.2, 0.25) is 0 Å². The smallest absolute Gasteiger partial charge is 0.292 e. The summed E-state index contributed by atoms with van der Waals surface area (Å²) in [4.78, 5) is 18.5. The van der Waals surface area contributed by atoms with Crippen molar-refractivity contribution in [1.29, 1.82) is 0 Å². The summed E-state index contributed by atoms with van der Waals surface area (Å²) in [6, 6.07) is 7.51. The maximum Gasteiger partial charge on any atom is 0.292 e. The zero-order valence-corrected chi connectivity index (χ0v) is 14.1. The van der Waals surface area contributed by atoms with Gasteiger partial charge in [-0.1, -0.05) is 25.1 Å². The molecule has 0 aliphatic carbocycles. The number of pyridine rings is 1. The summed E-state index contributed by atoms with van der Waals surface area (Å²) in [6.07, 6.45) is 3.58. The molecule has 0 aromatic carbocycles. The highest BCUT2D eigenvalue weighted by molar-refractivity contribution is 5.91. The van der Waals surface area contributed by atoms with Gasteiger partial charge in [-0.05, 0) is 25.0 Å². The molecule has 0 saturated carbocycles. The highest BCUT2D eigenvalue weighted by Crippen LogP contribution is 2.21. The van der Waals surface area contributed by atoms with Crippen LogP contribution >= 0.6 is 0 Å². The molecule has 3 rings (SSSR count). The fraction of sp³-hybridized carbons (Fsp3) is 0.500. The van der Waals surface area contributed by atoms with Crippen molar-refractivity contribution in [1.82, 2.24) is 15.0 Å². The second-order valence-corrected chi connectivity index (χ2v) is 6.22. The van der Waals surface area contributed by atoms with E-state index in [4.69, 9.17) is 9.26 Å². The molecule has 0 bridgehead atoms. The number of likely N-dealkylation sites (tertiary alicyclic amines) is 1. The molecular weight excluding hydrogens is 306 g/mol. The first-order valence-electron chi connectivity index (χ1n) is 8.44. The largest absolute Gasteiger partial charge is 0.370 e. The van der Waals surface area contributed by atoms with E-state index in [1.165, 1.54) is 0 Å². The van der Waals surface area contributed by atoms with E-state index in [1.807, 2.05) is 18.2 Å². The average molecular weight is 329 g/mol. The third-order valence-electron chi connectivity index (χ3n) is 4.48. The molecule has 2 aromatic rings. The first-order chi connectivity index (χ1) is 11.7. The van der Waals surface area contributed by atoms with Gasteiger partial charge in [-0.3, -0.25) is 9.78 Å². The van der Waals surface area contributed by atoms with Crippen molar-refractivity contribution in [3.05, 3.63) is 47.6 Å². The number of amides is 1. The molecule has 1 amide bonds. The minimum absolute atomic E-state index is 0.0351. The maximum atomic E-state index is 12.5. The molecule has 0 radical (unpaired) electrons. The van der Waals surface area contributed by atoms with Crippen LogP contribution < -0.4 is 0 Å². The third-order valence-corrected chi connectivity index (χ3v) is 4.48. The molecule has 6 nitrogen and oxygen atoms in total. The van der Waals surface area contributed by atoms with Crippen LogP contribution in [0.5, 0.6) is 0 Å². The second kappa shape index (κ2) is 7.57. The van der Waals surface area contributed by atoms with Crippen LogP contribution in [0, 0.1) is 0 Å². The lowest BCUT2D eigenvalue weighted by Crippen LogP contribution is -2.29. The highest BCUT2D eigenvalue weighted by atomic mass is 16.5. The monoisotopic (exact) mass is 329 g/mol. The summed E-state index contributed by atoms with van der Waals surface area (Å²) in [6.45, 7) is 5.87. The van der Waals surface area contributed by atoms with Crippen LogP contribution in [-0.2, 0) is 11.3 Å². The molecule has 1 fully saturated rings. The fourth-order valence-corrected chi connectivity index (χ4v) is 2.72. The molecule has 24 heavy (non-hydrogen) atoms. The van der Waals surface area contributed by atoms with E-state index in [0.717, 1.165) is 24.2 Å². The number of carbonyl (C=O) groups is 1. The van der Waals surface area contributed by atoms with Crippen molar-refractivity contribution < 1.29 is 14.1 Å².